The molecule has 1 N–H and O–H groups in total. The molecular weight excluding hydrogens is 222 g/mol. The zero-order chi connectivity index (χ0) is 13.3. The number of nitrogens with zero attached hydrogens (tertiary/aromatic N) is 1. The molecule has 1 aliphatic carbocycles. The number of aliphatic hydroxyl groups excluding tert-OH is 1. The fourth-order valence-electron chi connectivity index (χ4n) is 4.14. The molecule has 1 saturated heterocycles. The molecule has 2 aliphatic rings. The van der Waals surface area contributed by atoms with Gasteiger partial charge < -0.3 is 5.11 Å². The quantitative estimate of drug-likeness (QED) is 0.817. The fraction of sp³-hybridized carbons (Fsp3) is 1.00. The third-order valence-corrected chi connectivity index (χ3v) is 5.13. The van der Waals surface area contributed by atoms with E-state index in [0.29, 0.717) is 6.04 Å². The van der Waals surface area contributed by atoms with Gasteiger partial charge in [-0.05, 0) is 49.4 Å². The molecule has 2 rings (SSSR count). The van der Waals surface area contributed by atoms with E-state index in [1.54, 1.807) is 0 Å². The van der Waals surface area contributed by atoms with Crippen LogP contribution in [-0.2, 0) is 0 Å². The molecule has 0 amide bonds. The summed E-state index contributed by atoms with van der Waals surface area (Å²) in [4.78, 5) is 2.60. The highest BCUT2D eigenvalue weighted by molar-refractivity contribution is 4.90. The summed E-state index contributed by atoms with van der Waals surface area (Å²) in [6.45, 7) is 11.8. The minimum Gasteiger partial charge on any atom is -0.391 e. The van der Waals surface area contributed by atoms with E-state index in [0.717, 1.165) is 30.1 Å². The molecule has 1 heterocycles. The Hall–Kier alpha value is -0.0800. The van der Waals surface area contributed by atoms with Crippen molar-refractivity contribution >= 4 is 0 Å². The highest BCUT2D eigenvalue weighted by atomic mass is 16.3. The van der Waals surface area contributed by atoms with Crippen LogP contribution in [-0.4, -0.2) is 35.2 Å². The Morgan fingerprint density at radius 2 is 1.61 bits per heavy atom. The molecule has 0 aromatic rings. The van der Waals surface area contributed by atoms with Gasteiger partial charge in [0.05, 0.1) is 6.10 Å². The zero-order valence-corrected chi connectivity index (χ0v) is 12.6. The molecule has 1 aliphatic heterocycles. The normalized spacial score (nSPS) is 43.3. The summed E-state index contributed by atoms with van der Waals surface area (Å²) in [6, 6.07) is 0.427. The van der Waals surface area contributed by atoms with Crippen molar-refractivity contribution in [3.8, 4) is 0 Å². The maximum absolute atomic E-state index is 10.4. The summed E-state index contributed by atoms with van der Waals surface area (Å²) < 4.78 is 0. The minimum absolute atomic E-state index is 0.0856. The van der Waals surface area contributed by atoms with Crippen molar-refractivity contribution in [1.29, 1.82) is 0 Å². The molecule has 106 valence electrons. The predicted molar refractivity (Wildman–Crippen MR) is 76.5 cm³/mol. The van der Waals surface area contributed by atoms with Gasteiger partial charge in [-0.25, -0.2) is 0 Å². The molecule has 2 fully saturated rings. The van der Waals surface area contributed by atoms with Gasteiger partial charge in [-0.1, -0.05) is 27.7 Å². The van der Waals surface area contributed by atoms with Gasteiger partial charge in [0.25, 0.3) is 0 Å². The van der Waals surface area contributed by atoms with E-state index >= 15 is 0 Å². The Morgan fingerprint density at radius 1 is 1.00 bits per heavy atom. The second-order valence-corrected chi connectivity index (χ2v) is 7.35. The first kappa shape index (κ1) is 14.3. The average Bonchev–Trinajstić information content (AvgIpc) is 2.27. The third kappa shape index (κ3) is 3.27. The van der Waals surface area contributed by atoms with E-state index in [-0.39, 0.29) is 6.10 Å². The molecule has 0 aromatic heterocycles. The SMILES string of the molecule is CC1CC(C)CN(C2CC(C(C)C)CCC2O)C1. The lowest BCUT2D eigenvalue weighted by molar-refractivity contribution is -0.0283. The largest absolute Gasteiger partial charge is 0.391 e. The first-order valence-corrected chi connectivity index (χ1v) is 7.89. The highest BCUT2D eigenvalue weighted by Crippen LogP contribution is 2.35. The van der Waals surface area contributed by atoms with Crippen molar-refractivity contribution in [2.45, 2.75) is 65.5 Å². The van der Waals surface area contributed by atoms with Crippen LogP contribution in [0.15, 0.2) is 0 Å². The highest BCUT2D eigenvalue weighted by Gasteiger charge is 2.36. The van der Waals surface area contributed by atoms with Gasteiger partial charge >= 0.3 is 0 Å². The van der Waals surface area contributed by atoms with E-state index in [1.165, 1.54) is 32.4 Å². The van der Waals surface area contributed by atoms with Crippen LogP contribution in [0.2, 0.25) is 0 Å². The van der Waals surface area contributed by atoms with Gasteiger partial charge in [0.2, 0.25) is 0 Å². The summed E-state index contributed by atoms with van der Waals surface area (Å²) in [5, 5.41) is 10.4. The second kappa shape index (κ2) is 5.92. The van der Waals surface area contributed by atoms with Gasteiger partial charge in [0, 0.05) is 19.1 Å². The van der Waals surface area contributed by atoms with Crippen LogP contribution in [0.5, 0.6) is 0 Å². The second-order valence-electron chi connectivity index (χ2n) is 7.35. The van der Waals surface area contributed by atoms with Crippen molar-refractivity contribution in [2.75, 3.05) is 13.1 Å². The topological polar surface area (TPSA) is 23.5 Å². The molecule has 2 nitrogen and oxygen atoms in total. The Labute approximate surface area is 113 Å². The molecule has 5 atom stereocenters. The van der Waals surface area contributed by atoms with Crippen LogP contribution >= 0.6 is 0 Å². The molecule has 0 radical (unpaired) electrons. The smallest absolute Gasteiger partial charge is 0.0695 e. The van der Waals surface area contributed by atoms with E-state index in [1.807, 2.05) is 0 Å². The van der Waals surface area contributed by atoms with Gasteiger partial charge in [-0.3, -0.25) is 4.90 Å². The van der Waals surface area contributed by atoms with Gasteiger partial charge in [0.15, 0.2) is 0 Å². The number of rotatable bonds is 2. The van der Waals surface area contributed by atoms with E-state index in [2.05, 4.69) is 32.6 Å². The van der Waals surface area contributed by atoms with Crippen LogP contribution in [0.4, 0.5) is 0 Å². The number of likely N-dealkylation sites (tertiary alicyclic amines) is 1. The fourth-order valence-corrected chi connectivity index (χ4v) is 4.14. The Morgan fingerprint density at radius 3 is 2.17 bits per heavy atom. The predicted octanol–water partition coefficient (Wildman–Crippen LogP) is 3.15. The maximum Gasteiger partial charge on any atom is 0.0695 e. The molecule has 1 saturated carbocycles. The van der Waals surface area contributed by atoms with Crippen molar-refractivity contribution < 1.29 is 5.11 Å². The first-order valence-electron chi connectivity index (χ1n) is 7.89. The summed E-state index contributed by atoms with van der Waals surface area (Å²) >= 11 is 0. The zero-order valence-electron chi connectivity index (χ0n) is 12.6. The summed E-state index contributed by atoms with van der Waals surface area (Å²) in [5.41, 5.74) is 0. The average molecular weight is 253 g/mol. The maximum atomic E-state index is 10.4. The van der Waals surface area contributed by atoms with E-state index in [9.17, 15) is 5.11 Å². The Kier molecular flexibility index (Phi) is 4.71. The lowest BCUT2D eigenvalue weighted by Crippen LogP contribution is -2.52. The van der Waals surface area contributed by atoms with Gasteiger partial charge in [-0.15, -0.1) is 0 Å². The molecule has 18 heavy (non-hydrogen) atoms. The summed E-state index contributed by atoms with van der Waals surface area (Å²) in [7, 11) is 0. The van der Waals surface area contributed by atoms with Gasteiger partial charge in [0.1, 0.15) is 0 Å². The van der Waals surface area contributed by atoms with Crippen molar-refractivity contribution in [3.63, 3.8) is 0 Å². The van der Waals surface area contributed by atoms with Crippen molar-refractivity contribution in [3.05, 3.63) is 0 Å². The lowest BCUT2D eigenvalue weighted by atomic mass is 9.76. The van der Waals surface area contributed by atoms with E-state index in [4.69, 9.17) is 0 Å². The number of hydrogen-bond acceptors (Lipinski definition) is 2. The van der Waals surface area contributed by atoms with E-state index < -0.39 is 0 Å². The van der Waals surface area contributed by atoms with Gasteiger partial charge in [-0.2, -0.15) is 0 Å². The first-order chi connectivity index (χ1) is 8.47. The Bertz CT molecular complexity index is 256. The standard InChI is InChI=1S/C16H31NO/c1-11(2)14-5-6-16(18)15(8-14)17-9-12(3)7-13(4)10-17/h11-16,18H,5-10H2,1-4H3. The number of aliphatic hydroxyl groups is 1. The molecule has 2 heteroatoms. The monoisotopic (exact) mass is 253 g/mol. The number of hydrogen-bond donors (Lipinski definition) is 1. The van der Waals surface area contributed by atoms with Crippen LogP contribution in [0, 0.1) is 23.7 Å². The Balaban J connectivity index is 2.00. The molecule has 0 aromatic carbocycles. The minimum atomic E-state index is -0.0856. The van der Waals surface area contributed by atoms with Crippen LogP contribution in [0.25, 0.3) is 0 Å². The van der Waals surface area contributed by atoms with Crippen LogP contribution in [0.3, 0.4) is 0 Å². The lowest BCUT2D eigenvalue weighted by Gasteiger charge is -2.46. The number of piperidine rings is 1. The van der Waals surface area contributed by atoms with Crippen molar-refractivity contribution in [2.24, 2.45) is 23.7 Å². The van der Waals surface area contributed by atoms with Crippen LogP contribution in [0.1, 0.15) is 53.4 Å². The van der Waals surface area contributed by atoms with Crippen LogP contribution < -0.4 is 0 Å². The summed E-state index contributed by atoms with van der Waals surface area (Å²) in [5.74, 6) is 3.16. The molecular formula is C16H31NO. The molecule has 5 unspecified atom stereocenters. The summed E-state index contributed by atoms with van der Waals surface area (Å²) in [6.07, 6.45) is 4.70. The van der Waals surface area contributed by atoms with Crippen molar-refractivity contribution in [1.82, 2.24) is 4.90 Å². The molecule has 0 spiro atoms. The molecule has 0 bridgehead atoms. The third-order valence-electron chi connectivity index (χ3n) is 5.13.